The van der Waals surface area contributed by atoms with E-state index in [1.165, 1.54) is 0 Å². The smallest absolute Gasteiger partial charge is 0.225 e. The Morgan fingerprint density at radius 2 is 1.76 bits per heavy atom. The van der Waals surface area contributed by atoms with Crippen LogP contribution in [0.2, 0.25) is 0 Å². The Labute approximate surface area is 167 Å². The summed E-state index contributed by atoms with van der Waals surface area (Å²) in [6.45, 7) is 1.64. The summed E-state index contributed by atoms with van der Waals surface area (Å²) >= 11 is 0. The summed E-state index contributed by atoms with van der Waals surface area (Å²) in [7, 11) is 0. The van der Waals surface area contributed by atoms with Crippen molar-refractivity contribution in [1.29, 1.82) is 0 Å². The molecule has 0 bridgehead atoms. The van der Waals surface area contributed by atoms with Gasteiger partial charge in [-0.05, 0) is 50.7 Å². The fourth-order valence-electron chi connectivity index (χ4n) is 4.31. The minimum absolute atomic E-state index is 0.174. The number of hydrogen-bond donors (Lipinski definition) is 1. The molecule has 1 N–H and O–H groups in total. The summed E-state index contributed by atoms with van der Waals surface area (Å²) in [5, 5.41) is 2.63. The number of carbonyl (C=O) groups is 2. The molecule has 1 aromatic rings. The van der Waals surface area contributed by atoms with E-state index in [1.807, 2.05) is 4.90 Å². The Hall–Kier alpha value is -2.09. The van der Waals surface area contributed by atoms with Crippen molar-refractivity contribution in [2.75, 3.05) is 19.6 Å². The van der Waals surface area contributed by atoms with E-state index >= 15 is 0 Å². The monoisotopic (exact) mass is 410 g/mol. The fraction of sp³-hybridized carbons (Fsp3) is 0.619. The summed E-state index contributed by atoms with van der Waals surface area (Å²) in [5.74, 6) is -3.54. The maximum atomic E-state index is 13.7. The predicted molar refractivity (Wildman–Crippen MR) is 98.4 cm³/mol. The summed E-state index contributed by atoms with van der Waals surface area (Å²) in [6.07, 6.45) is 4.49. The highest BCUT2D eigenvalue weighted by Crippen LogP contribution is 2.40. The number of piperidine rings is 1. The van der Waals surface area contributed by atoms with Crippen LogP contribution in [0.4, 0.5) is 13.2 Å². The average molecular weight is 410 g/mol. The zero-order valence-corrected chi connectivity index (χ0v) is 16.2. The largest absolute Gasteiger partial charge is 0.370 e. The molecule has 1 saturated carbocycles. The van der Waals surface area contributed by atoms with Gasteiger partial charge in [0.05, 0.1) is 18.1 Å². The third-order valence-corrected chi connectivity index (χ3v) is 6.25. The molecule has 1 aliphatic carbocycles. The van der Waals surface area contributed by atoms with Gasteiger partial charge in [-0.1, -0.05) is 0 Å². The molecule has 1 aromatic carbocycles. The van der Waals surface area contributed by atoms with E-state index in [2.05, 4.69) is 5.32 Å². The Bertz CT molecular complexity index is 805. The maximum absolute atomic E-state index is 13.7. The first kappa shape index (κ1) is 20.2. The van der Waals surface area contributed by atoms with Crippen molar-refractivity contribution < 1.29 is 27.5 Å². The fourth-order valence-corrected chi connectivity index (χ4v) is 4.31. The number of likely N-dealkylation sites (tertiary alicyclic amines) is 1. The molecule has 4 rings (SSSR count). The lowest BCUT2D eigenvalue weighted by molar-refractivity contribution is -0.139. The van der Waals surface area contributed by atoms with E-state index in [9.17, 15) is 22.8 Å². The van der Waals surface area contributed by atoms with Crippen molar-refractivity contribution in [2.24, 2.45) is 5.92 Å². The van der Waals surface area contributed by atoms with Gasteiger partial charge in [0, 0.05) is 31.1 Å². The van der Waals surface area contributed by atoms with Gasteiger partial charge < -0.3 is 15.0 Å². The average Bonchev–Trinajstić information content (AvgIpc) is 3.49. The number of amides is 2. The van der Waals surface area contributed by atoms with E-state index in [-0.39, 0.29) is 30.1 Å². The van der Waals surface area contributed by atoms with Gasteiger partial charge in [0.1, 0.15) is 5.82 Å². The van der Waals surface area contributed by atoms with E-state index in [4.69, 9.17) is 4.74 Å². The molecule has 2 saturated heterocycles. The Morgan fingerprint density at radius 3 is 2.45 bits per heavy atom. The van der Waals surface area contributed by atoms with Crippen LogP contribution in [-0.4, -0.2) is 48.1 Å². The summed E-state index contributed by atoms with van der Waals surface area (Å²) in [4.78, 5) is 26.2. The molecule has 2 aliphatic heterocycles. The van der Waals surface area contributed by atoms with Crippen LogP contribution < -0.4 is 5.32 Å². The molecule has 158 valence electrons. The highest BCUT2D eigenvalue weighted by Gasteiger charge is 2.44. The molecule has 0 aromatic heterocycles. The first-order chi connectivity index (χ1) is 13.9. The van der Waals surface area contributed by atoms with Gasteiger partial charge in [-0.15, -0.1) is 0 Å². The van der Waals surface area contributed by atoms with Crippen LogP contribution in [0.15, 0.2) is 12.1 Å². The second kappa shape index (κ2) is 7.97. The predicted octanol–water partition coefficient (Wildman–Crippen LogP) is 2.71. The van der Waals surface area contributed by atoms with Crippen molar-refractivity contribution in [3.8, 4) is 0 Å². The molecular formula is C21H25F3N2O3. The van der Waals surface area contributed by atoms with Crippen molar-refractivity contribution in [3.05, 3.63) is 35.1 Å². The third-order valence-electron chi connectivity index (χ3n) is 6.25. The lowest BCUT2D eigenvalue weighted by atomic mass is 9.88. The van der Waals surface area contributed by atoms with Crippen molar-refractivity contribution in [2.45, 2.75) is 56.7 Å². The van der Waals surface area contributed by atoms with Gasteiger partial charge in [0.2, 0.25) is 11.8 Å². The van der Waals surface area contributed by atoms with Crippen LogP contribution >= 0.6 is 0 Å². The second-order valence-corrected chi connectivity index (χ2v) is 8.36. The third kappa shape index (κ3) is 4.42. The molecule has 5 nitrogen and oxygen atoms in total. The van der Waals surface area contributed by atoms with Crippen LogP contribution in [0, 0.1) is 23.4 Å². The topological polar surface area (TPSA) is 58.6 Å². The number of hydrogen-bond acceptors (Lipinski definition) is 3. The van der Waals surface area contributed by atoms with Gasteiger partial charge in [-0.2, -0.15) is 0 Å². The standard InChI is InChI=1S/C21H25F3N2O3/c22-16-3-4-17(23)19(24)15(16)11-18(27)25-12-14-5-6-21(29-14)7-9-26(10-8-21)20(28)13-1-2-13/h3-4,13-14H,1-2,5-12H2,(H,25,27)/t14-/m0/s1. The van der Waals surface area contributed by atoms with Crippen LogP contribution in [0.3, 0.4) is 0 Å². The Kier molecular flexibility index (Phi) is 5.55. The summed E-state index contributed by atoms with van der Waals surface area (Å²) < 4.78 is 46.8. The van der Waals surface area contributed by atoms with Gasteiger partial charge in [-0.25, -0.2) is 13.2 Å². The summed E-state index contributed by atoms with van der Waals surface area (Å²) in [5.41, 5.74) is -0.824. The quantitative estimate of drug-likeness (QED) is 0.760. The normalized spacial score (nSPS) is 23.4. The van der Waals surface area contributed by atoms with E-state index < -0.39 is 35.3 Å². The zero-order valence-electron chi connectivity index (χ0n) is 16.2. The molecule has 0 unspecified atom stereocenters. The zero-order chi connectivity index (χ0) is 20.6. The minimum atomic E-state index is -1.33. The Balaban J connectivity index is 1.24. The Morgan fingerprint density at radius 1 is 1.07 bits per heavy atom. The highest BCUT2D eigenvalue weighted by molar-refractivity contribution is 5.81. The molecule has 3 aliphatic rings. The lowest BCUT2D eigenvalue weighted by Gasteiger charge is -2.39. The van der Waals surface area contributed by atoms with Gasteiger partial charge in [0.25, 0.3) is 0 Å². The molecule has 2 heterocycles. The SMILES string of the molecule is O=C(Cc1c(F)ccc(F)c1F)NC[C@@H]1CCC2(CCN(C(=O)C3CC3)CC2)O1. The van der Waals surface area contributed by atoms with E-state index in [0.29, 0.717) is 19.2 Å². The molecule has 1 spiro atoms. The van der Waals surface area contributed by atoms with E-state index in [0.717, 1.165) is 44.6 Å². The first-order valence-corrected chi connectivity index (χ1v) is 10.2. The van der Waals surface area contributed by atoms with Gasteiger partial charge in [0.15, 0.2) is 11.6 Å². The number of nitrogens with zero attached hydrogens (tertiary/aromatic N) is 1. The number of ether oxygens (including phenoxy) is 1. The molecule has 2 amide bonds. The van der Waals surface area contributed by atoms with E-state index in [1.54, 1.807) is 0 Å². The number of nitrogens with one attached hydrogen (secondary N) is 1. The van der Waals surface area contributed by atoms with Crippen LogP contribution in [-0.2, 0) is 20.7 Å². The number of carbonyl (C=O) groups excluding carboxylic acids is 2. The van der Waals surface area contributed by atoms with Crippen molar-refractivity contribution in [1.82, 2.24) is 10.2 Å². The summed E-state index contributed by atoms with van der Waals surface area (Å²) in [6, 6.07) is 1.51. The number of benzene rings is 1. The minimum Gasteiger partial charge on any atom is -0.370 e. The highest BCUT2D eigenvalue weighted by atomic mass is 19.2. The van der Waals surface area contributed by atoms with Crippen LogP contribution in [0.25, 0.3) is 0 Å². The maximum Gasteiger partial charge on any atom is 0.225 e. The van der Waals surface area contributed by atoms with Crippen molar-refractivity contribution in [3.63, 3.8) is 0 Å². The molecule has 1 atom stereocenters. The molecular weight excluding hydrogens is 385 g/mol. The van der Waals surface area contributed by atoms with Crippen LogP contribution in [0.5, 0.6) is 0 Å². The number of halogens is 3. The molecule has 0 radical (unpaired) electrons. The molecule has 29 heavy (non-hydrogen) atoms. The van der Waals surface area contributed by atoms with Crippen LogP contribution in [0.1, 0.15) is 44.1 Å². The van der Waals surface area contributed by atoms with Gasteiger partial charge in [-0.3, -0.25) is 9.59 Å². The molecule has 3 fully saturated rings. The number of rotatable bonds is 5. The second-order valence-electron chi connectivity index (χ2n) is 8.36. The first-order valence-electron chi connectivity index (χ1n) is 10.2. The molecule has 8 heteroatoms. The van der Waals surface area contributed by atoms with Gasteiger partial charge >= 0.3 is 0 Å². The lowest BCUT2D eigenvalue weighted by Crippen LogP contribution is -2.47. The van der Waals surface area contributed by atoms with Crippen molar-refractivity contribution >= 4 is 11.8 Å².